The molecular formula is C20H22F3N3O3. The molecule has 0 N–H and O–H groups in total. The molecule has 1 aromatic carbocycles. The monoisotopic (exact) mass is 409 g/mol. The Morgan fingerprint density at radius 2 is 1.86 bits per heavy atom. The van der Waals surface area contributed by atoms with E-state index in [1.165, 1.54) is 18.2 Å². The molecule has 156 valence electrons. The van der Waals surface area contributed by atoms with E-state index in [9.17, 15) is 18.0 Å². The van der Waals surface area contributed by atoms with Gasteiger partial charge in [-0.1, -0.05) is 6.07 Å². The van der Waals surface area contributed by atoms with E-state index in [-0.39, 0.29) is 17.7 Å². The number of amides is 1. The summed E-state index contributed by atoms with van der Waals surface area (Å²) in [5.74, 6) is 0.522. The highest BCUT2D eigenvalue weighted by Crippen LogP contribution is 2.30. The first-order valence-electron chi connectivity index (χ1n) is 9.55. The molecule has 3 heterocycles. The molecule has 29 heavy (non-hydrogen) atoms. The van der Waals surface area contributed by atoms with Gasteiger partial charge in [0.25, 0.3) is 0 Å². The van der Waals surface area contributed by atoms with Crippen LogP contribution in [0, 0.1) is 0 Å². The van der Waals surface area contributed by atoms with Gasteiger partial charge in [0.05, 0.1) is 18.8 Å². The minimum Gasteiger partial charge on any atom is -0.468 e. The van der Waals surface area contributed by atoms with Crippen LogP contribution in [0.25, 0.3) is 0 Å². The molecule has 0 bridgehead atoms. The highest BCUT2D eigenvalue weighted by atomic mass is 19.4. The number of furan rings is 1. The van der Waals surface area contributed by atoms with Crippen molar-refractivity contribution >= 4 is 11.6 Å². The number of halogens is 3. The molecule has 6 nitrogen and oxygen atoms in total. The van der Waals surface area contributed by atoms with Crippen LogP contribution in [0.15, 0.2) is 47.1 Å². The number of carbonyl (C=O) groups excluding carboxylic acids is 1. The maximum absolute atomic E-state index is 12.9. The van der Waals surface area contributed by atoms with Gasteiger partial charge in [-0.15, -0.1) is 13.2 Å². The lowest BCUT2D eigenvalue weighted by molar-refractivity contribution is -0.274. The number of piperazine rings is 1. The summed E-state index contributed by atoms with van der Waals surface area (Å²) >= 11 is 0. The van der Waals surface area contributed by atoms with Crippen LogP contribution in [0.3, 0.4) is 0 Å². The topological polar surface area (TPSA) is 49.2 Å². The Bertz CT molecular complexity index is 833. The average Bonchev–Trinajstić information content (AvgIpc) is 3.31. The summed E-state index contributed by atoms with van der Waals surface area (Å²) in [4.78, 5) is 18.9. The van der Waals surface area contributed by atoms with Crippen LogP contribution in [0.1, 0.15) is 12.2 Å². The smallest absolute Gasteiger partial charge is 0.468 e. The van der Waals surface area contributed by atoms with Crippen LogP contribution < -0.4 is 9.64 Å². The lowest BCUT2D eigenvalue weighted by atomic mass is 10.1. The molecule has 1 aromatic heterocycles. The second-order valence-corrected chi connectivity index (χ2v) is 7.23. The summed E-state index contributed by atoms with van der Waals surface area (Å²) < 4.78 is 46.7. The lowest BCUT2D eigenvalue weighted by Crippen LogP contribution is -2.52. The van der Waals surface area contributed by atoms with Crippen molar-refractivity contribution in [2.45, 2.75) is 25.4 Å². The van der Waals surface area contributed by atoms with E-state index < -0.39 is 6.36 Å². The molecule has 9 heteroatoms. The number of rotatable bonds is 5. The molecule has 0 saturated carbocycles. The van der Waals surface area contributed by atoms with Crippen LogP contribution >= 0.6 is 0 Å². The Morgan fingerprint density at radius 3 is 2.55 bits per heavy atom. The molecule has 1 atom stereocenters. The van der Waals surface area contributed by atoms with Crippen LogP contribution in [-0.2, 0) is 11.3 Å². The van der Waals surface area contributed by atoms with Crippen molar-refractivity contribution in [1.82, 2.24) is 9.80 Å². The number of alkyl halides is 3. The second kappa shape index (κ2) is 8.08. The van der Waals surface area contributed by atoms with Crippen molar-refractivity contribution in [3.63, 3.8) is 0 Å². The Morgan fingerprint density at radius 1 is 1.07 bits per heavy atom. The van der Waals surface area contributed by atoms with Gasteiger partial charge in [0.1, 0.15) is 11.5 Å². The Labute approximate surface area is 166 Å². The number of hydrogen-bond acceptors (Lipinski definition) is 5. The number of carbonyl (C=O) groups is 1. The predicted octanol–water partition coefficient (Wildman–Crippen LogP) is 3.10. The Hall–Kier alpha value is -2.52. The fourth-order valence-corrected chi connectivity index (χ4v) is 3.96. The fraction of sp³-hybridized carbons (Fsp3) is 0.450. The van der Waals surface area contributed by atoms with E-state index in [4.69, 9.17) is 4.42 Å². The van der Waals surface area contributed by atoms with Gasteiger partial charge >= 0.3 is 6.36 Å². The van der Waals surface area contributed by atoms with Gasteiger partial charge in [0.15, 0.2) is 0 Å². The molecule has 1 amide bonds. The summed E-state index contributed by atoms with van der Waals surface area (Å²) in [6.45, 7) is 4.42. The largest absolute Gasteiger partial charge is 0.573 e. The molecule has 1 unspecified atom stereocenters. The van der Waals surface area contributed by atoms with Crippen molar-refractivity contribution in [3.8, 4) is 5.75 Å². The zero-order valence-corrected chi connectivity index (χ0v) is 15.8. The fourth-order valence-electron chi connectivity index (χ4n) is 3.96. The first kappa shape index (κ1) is 19.8. The molecule has 2 aliphatic heterocycles. The number of ether oxygens (including phenoxy) is 1. The number of nitrogens with zero attached hydrogens (tertiary/aromatic N) is 3. The van der Waals surface area contributed by atoms with Gasteiger partial charge in [-0.25, -0.2) is 0 Å². The Kier molecular flexibility index (Phi) is 5.51. The average molecular weight is 409 g/mol. The van der Waals surface area contributed by atoms with E-state index in [0.717, 1.165) is 38.5 Å². The molecule has 2 aromatic rings. The van der Waals surface area contributed by atoms with E-state index in [0.29, 0.717) is 18.7 Å². The van der Waals surface area contributed by atoms with E-state index >= 15 is 0 Å². The van der Waals surface area contributed by atoms with Crippen LogP contribution in [0.2, 0.25) is 0 Å². The molecule has 2 fully saturated rings. The van der Waals surface area contributed by atoms with Gasteiger partial charge in [-0.2, -0.15) is 0 Å². The third kappa shape index (κ3) is 4.73. The molecule has 0 aliphatic carbocycles. The summed E-state index contributed by atoms with van der Waals surface area (Å²) in [5.41, 5.74) is 0.427. The van der Waals surface area contributed by atoms with Gasteiger partial charge in [0.2, 0.25) is 5.91 Å². The SMILES string of the molecule is O=C1C(N2CCN(Cc3ccco3)CC2)CCN1c1cccc(OC(F)(F)F)c1. The van der Waals surface area contributed by atoms with Gasteiger partial charge in [0, 0.05) is 44.5 Å². The quantitative estimate of drug-likeness (QED) is 0.760. The zero-order chi connectivity index (χ0) is 20.4. The molecule has 0 radical (unpaired) electrons. The van der Waals surface area contributed by atoms with Crippen LogP contribution in [0.5, 0.6) is 5.75 Å². The Balaban J connectivity index is 1.35. The van der Waals surface area contributed by atoms with Crippen molar-refractivity contribution in [1.29, 1.82) is 0 Å². The molecule has 4 rings (SSSR count). The lowest BCUT2D eigenvalue weighted by Gasteiger charge is -2.36. The second-order valence-electron chi connectivity index (χ2n) is 7.23. The summed E-state index contributed by atoms with van der Waals surface area (Å²) in [6, 6.07) is 9.15. The predicted molar refractivity (Wildman–Crippen MR) is 99.4 cm³/mol. The van der Waals surface area contributed by atoms with Gasteiger partial charge in [-0.05, 0) is 30.7 Å². The minimum absolute atomic E-state index is 0.0753. The van der Waals surface area contributed by atoms with Crippen molar-refractivity contribution < 1.29 is 27.1 Å². The van der Waals surface area contributed by atoms with Crippen LogP contribution in [0.4, 0.5) is 18.9 Å². The van der Waals surface area contributed by atoms with Gasteiger partial charge in [-0.3, -0.25) is 14.6 Å². The molecule has 2 saturated heterocycles. The number of hydrogen-bond donors (Lipinski definition) is 0. The maximum atomic E-state index is 12.9. The zero-order valence-electron chi connectivity index (χ0n) is 15.8. The van der Waals surface area contributed by atoms with E-state index in [1.807, 2.05) is 12.1 Å². The normalized spacial score (nSPS) is 21.7. The third-order valence-electron chi connectivity index (χ3n) is 5.35. The summed E-state index contributed by atoms with van der Waals surface area (Å²) in [5, 5.41) is 0. The van der Waals surface area contributed by atoms with E-state index in [1.54, 1.807) is 17.2 Å². The first-order chi connectivity index (χ1) is 13.9. The third-order valence-corrected chi connectivity index (χ3v) is 5.35. The summed E-state index contributed by atoms with van der Waals surface area (Å²) in [6.07, 6.45) is -2.45. The van der Waals surface area contributed by atoms with Crippen molar-refractivity contribution in [2.75, 3.05) is 37.6 Å². The van der Waals surface area contributed by atoms with Crippen molar-refractivity contribution in [3.05, 3.63) is 48.4 Å². The molecule has 2 aliphatic rings. The van der Waals surface area contributed by atoms with Crippen molar-refractivity contribution in [2.24, 2.45) is 0 Å². The van der Waals surface area contributed by atoms with Crippen LogP contribution in [-0.4, -0.2) is 60.8 Å². The molecule has 0 spiro atoms. The first-order valence-corrected chi connectivity index (χ1v) is 9.55. The van der Waals surface area contributed by atoms with E-state index in [2.05, 4.69) is 14.5 Å². The molecular weight excluding hydrogens is 387 g/mol. The minimum atomic E-state index is -4.76. The summed E-state index contributed by atoms with van der Waals surface area (Å²) in [7, 11) is 0. The highest BCUT2D eigenvalue weighted by molar-refractivity contribution is 5.99. The van der Waals surface area contributed by atoms with Gasteiger partial charge < -0.3 is 14.1 Å². The standard InChI is InChI=1S/C20H22F3N3O3/c21-20(22,23)29-16-4-1-3-15(13-16)26-7-6-18(19(26)27)25-10-8-24(9-11-25)14-17-5-2-12-28-17/h1-5,12-13,18H,6-11,14H2. The number of benzene rings is 1. The highest BCUT2D eigenvalue weighted by Gasteiger charge is 2.38. The number of anilines is 1. The maximum Gasteiger partial charge on any atom is 0.573 e.